The van der Waals surface area contributed by atoms with Crippen molar-refractivity contribution in [2.24, 2.45) is 0 Å². The van der Waals surface area contributed by atoms with Gasteiger partial charge in [-0.25, -0.2) is 13.6 Å². The van der Waals surface area contributed by atoms with E-state index in [0.717, 1.165) is 18.2 Å². The number of hydrogen-bond acceptors (Lipinski definition) is 3. The van der Waals surface area contributed by atoms with Crippen molar-refractivity contribution >= 4 is 5.97 Å². The maximum Gasteiger partial charge on any atom is 0.371 e. The third kappa shape index (κ3) is 3.46. The first-order valence-electron chi connectivity index (χ1n) is 6.35. The summed E-state index contributed by atoms with van der Waals surface area (Å²) in [5, 5.41) is 8.79. The lowest BCUT2D eigenvalue weighted by atomic mass is 10.1. The zero-order valence-corrected chi connectivity index (χ0v) is 11.6. The highest BCUT2D eigenvalue weighted by molar-refractivity contribution is 5.84. The molecule has 1 heterocycles. The molecule has 112 valence electrons. The van der Waals surface area contributed by atoms with Crippen molar-refractivity contribution in [2.45, 2.75) is 19.5 Å². The Morgan fingerprint density at radius 3 is 2.67 bits per heavy atom. The predicted molar refractivity (Wildman–Crippen MR) is 71.9 cm³/mol. The molecule has 1 unspecified atom stereocenters. The molecule has 1 aromatic heterocycles. The molecule has 0 aliphatic carbocycles. The Morgan fingerprint density at radius 2 is 2.05 bits per heavy atom. The summed E-state index contributed by atoms with van der Waals surface area (Å²) >= 11 is 0. The normalized spacial score (nSPS) is 12.6. The van der Waals surface area contributed by atoms with Crippen LogP contribution in [0.2, 0.25) is 0 Å². The first kappa shape index (κ1) is 15.2. The van der Waals surface area contributed by atoms with Gasteiger partial charge in [0.1, 0.15) is 17.4 Å². The second kappa shape index (κ2) is 6.05. The molecular weight excluding hydrogens is 280 g/mol. The van der Waals surface area contributed by atoms with Gasteiger partial charge in [-0.15, -0.1) is 0 Å². The lowest BCUT2D eigenvalue weighted by Crippen LogP contribution is -2.22. The van der Waals surface area contributed by atoms with Gasteiger partial charge in [-0.3, -0.25) is 4.90 Å². The van der Waals surface area contributed by atoms with Crippen LogP contribution in [0.1, 0.15) is 34.8 Å². The average molecular weight is 295 g/mol. The number of nitrogens with zero attached hydrogens (tertiary/aromatic N) is 1. The second-order valence-electron chi connectivity index (χ2n) is 4.83. The first-order chi connectivity index (χ1) is 9.88. The van der Waals surface area contributed by atoms with Crippen molar-refractivity contribution in [3.8, 4) is 0 Å². The number of carboxylic acid groups (broad SMARTS) is 1. The van der Waals surface area contributed by atoms with Gasteiger partial charge in [-0.05, 0) is 44.3 Å². The molecule has 0 aliphatic rings. The summed E-state index contributed by atoms with van der Waals surface area (Å²) in [4.78, 5) is 12.5. The van der Waals surface area contributed by atoms with Gasteiger partial charge in [0.25, 0.3) is 0 Å². The van der Waals surface area contributed by atoms with Gasteiger partial charge in [-0.1, -0.05) is 0 Å². The predicted octanol–water partition coefficient (Wildman–Crippen LogP) is 3.45. The smallest absolute Gasteiger partial charge is 0.371 e. The summed E-state index contributed by atoms with van der Waals surface area (Å²) in [6.45, 7) is 2.02. The van der Waals surface area contributed by atoms with Gasteiger partial charge in [-0.2, -0.15) is 0 Å². The van der Waals surface area contributed by atoms with Crippen molar-refractivity contribution in [3.05, 3.63) is 59.1 Å². The Labute approximate surface area is 120 Å². The Bertz CT molecular complexity index is 654. The minimum atomic E-state index is -1.15. The molecule has 0 fully saturated rings. The number of rotatable bonds is 5. The highest BCUT2D eigenvalue weighted by Crippen LogP contribution is 2.24. The van der Waals surface area contributed by atoms with Crippen molar-refractivity contribution in [2.75, 3.05) is 7.05 Å². The van der Waals surface area contributed by atoms with Gasteiger partial charge in [0, 0.05) is 11.6 Å². The molecule has 0 aliphatic heterocycles. The number of aromatic carboxylic acids is 1. The van der Waals surface area contributed by atoms with Gasteiger partial charge in [0.15, 0.2) is 0 Å². The first-order valence-corrected chi connectivity index (χ1v) is 6.35. The number of carbonyl (C=O) groups is 1. The monoisotopic (exact) mass is 295 g/mol. The Morgan fingerprint density at radius 1 is 1.33 bits per heavy atom. The number of carboxylic acids is 1. The SMILES string of the molecule is CC(c1cc(F)ccc1F)N(C)Cc1ccc(C(=O)O)o1. The van der Waals surface area contributed by atoms with E-state index in [2.05, 4.69) is 0 Å². The second-order valence-corrected chi connectivity index (χ2v) is 4.83. The molecule has 0 saturated carbocycles. The van der Waals surface area contributed by atoms with E-state index in [9.17, 15) is 13.6 Å². The number of halogens is 2. The summed E-state index contributed by atoms with van der Waals surface area (Å²) in [5.41, 5.74) is 0.238. The number of hydrogen-bond donors (Lipinski definition) is 1. The third-order valence-corrected chi connectivity index (χ3v) is 3.35. The van der Waals surface area contributed by atoms with E-state index in [1.54, 1.807) is 24.9 Å². The quantitative estimate of drug-likeness (QED) is 0.918. The molecule has 6 heteroatoms. The minimum absolute atomic E-state index is 0.150. The topological polar surface area (TPSA) is 53.7 Å². The van der Waals surface area contributed by atoms with Crippen LogP contribution in [0.3, 0.4) is 0 Å². The zero-order valence-electron chi connectivity index (χ0n) is 11.6. The fourth-order valence-corrected chi connectivity index (χ4v) is 2.03. The van der Waals surface area contributed by atoms with Crippen LogP contribution in [0.4, 0.5) is 8.78 Å². The molecule has 0 amide bonds. The van der Waals surface area contributed by atoms with Crippen LogP contribution in [-0.2, 0) is 6.54 Å². The molecule has 0 spiro atoms. The van der Waals surface area contributed by atoms with E-state index in [1.807, 2.05) is 0 Å². The van der Waals surface area contributed by atoms with E-state index in [1.165, 1.54) is 6.07 Å². The summed E-state index contributed by atoms with van der Waals surface area (Å²) in [7, 11) is 1.72. The summed E-state index contributed by atoms with van der Waals surface area (Å²) in [6, 6.07) is 5.83. The maximum absolute atomic E-state index is 13.7. The van der Waals surface area contributed by atoms with Crippen LogP contribution in [-0.4, -0.2) is 23.0 Å². The third-order valence-electron chi connectivity index (χ3n) is 3.35. The zero-order chi connectivity index (χ0) is 15.6. The molecule has 0 saturated heterocycles. The molecule has 1 aromatic carbocycles. The lowest BCUT2D eigenvalue weighted by Gasteiger charge is -2.24. The van der Waals surface area contributed by atoms with Gasteiger partial charge < -0.3 is 9.52 Å². The number of furan rings is 1. The molecule has 1 atom stereocenters. The highest BCUT2D eigenvalue weighted by atomic mass is 19.1. The summed E-state index contributed by atoms with van der Waals surface area (Å²) in [5.74, 6) is -1.84. The largest absolute Gasteiger partial charge is 0.475 e. The molecule has 1 N–H and O–H groups in total. The van der Waals surface area contributed by atoms with Crippen LogP contribution < -0.4 is 0 Å². The van der Waals surface area contributed by atoms with Crippen LogP contribution in [0.15, 0.2) is 34.7 Å². The fraction of sp³-hybridized carbons (Fsp3) is 0.267. The molecule has 21 heavy (non-hydrogen) atoms. The van der Waals surface area contributed by atoms with Crippen molar-refractivity contribution < 1.29 is 23.1 Å². The molecule has 4 nitrogen and oxygen atoms in total. The molecule has 0 bridgehead atoms. The van der Waals surface area contributed by atoms with Crippen LogP contribution in [0.5, 0.6) is 0 Å². The maximum atomic E-state index is 13.7. The Balaban J connectivity index is 2.13. The van der Waals surface area contributed by atoms with Gasteiger partial charge in [0.05, 0.1) is 6.54 Å². The van der Waals surface area contributed by atoms with Crippen molar-refractivity contribution in [1.29, 1.82) is 0 Å². The van der Waals surface area contributed by atoms with Gasteiger partial charge in [0.2, 0.25) is 5.76 Å². The van der Waals surface area contributed by atoms with E-state index < -0.39 is 17.6 Å². The molecular formula is C15H15F2NO3. The summed E-state index contributed by atoms with van der Waals surface area (Å²) < 4.78 is 32.1. The minimum Gasteiger partial charge on any atom is -0.475 e. The molecule has 2 aromatic rings. The summed E-state index contributed by atoms with van der Waals surface area (Å²) in [6.07, 6.45) is 0. The molecule has 2 rings (SSSR count). The van der Waals surface area contributed by atoms with Crippen LogP contribution in [0.25, 0.3) is 0 Å². The average Bonchev–Trinajstić information content (AvgIpc) is 2.89. The van der Waals surface area contributed by atoms with E-state index >= 15 is 0 Å². The van der Waals surface area contributed by atoms with E-state index in [4.69, 9.17) is 9.52 Å². The Kier molecular flexibility index (Phi) is 4.37. The highest BCUT2D eigenvalue weighted by Gasteiger charge is 2.18. The van der Waals surface area contributed by atoms with E-state index in [-0.39, 0.29) is 23.9 Å². The van der Waals surface area contributed by atoms with E-state index in [0.29, 0.717) is 5.76 Å². The lowest BCUT2D eigenvalue weighted by molar-refractivity contribution is 0.0658. The van der Waals surface area contributed by atoms with Gasteiger partial charge >= 0.3 is 5.97 Å². The molecule has 0 radical (unpaired) electrons. The fourth-order valence-electron chi connectivity index (χ4n) is 2.03. The van der Waals surface area contributed by atoms with Crippen molar-refractivity contribution in [3.63, 3.8) is 0 Å². The van der Waals surface area contributed by atoms with Crippen LogP contribution in [0, 0.1) is 11.6 Å². The number of benzene rings is 1. The van der Waals surface area contributed by atoms with Crippen LogP contribution >= 0.6 is 0 Å². The van der Waals surface area contributed by atoms with Crippen molar-refractivity contribution in [1.82, 2.24) is 4.90 Å². The Hall–Kier alpha value is -2.21. The standard InChI is InChI=1S/C15H15F2NO3/c1-9(12-7-10(16)3-5-13(12)17)18(2)8-11-4-6-14(21-11)15(19)20/h3-7,9H,8H2,1-2H3,(H,19,20).